The molecule has 1 unspecified atom stereocenters. The summed E-state index contributed by atoms with van der Waals surface area (Å²) in [5.74, 6) is 6.00. The summed E-state index contributed by atoms with van der Waals surface area (Å²) in [6, 6.07) is 7.70. The largest absolute Gasteiger partial charge is 0.448 e. The van der Waals surface area contributed by atoms with Crippen LogP contribution in [0.5, 0.6) is 0 Å². The highest BCUT2D eigenvalue weighted by atomic mass is 19.1. The third kappa shape index (κ3) is 4.73. The summed E-state index contributed by atoms with van der Waals surface area (Å²) in [5, 5.41) is 9.63. The molecule has 3 N–H and O–H groups in total. The zero-order chi connectivity index (χ0) is 16.8. The maximum absolute atomic E-state index is 12.8. The van der Waals surface area contributed by atoms with Gasteiger partial charge in [0.1, 0.15) is 17.6 Å². The fourth-order valence-corrected chi connectivity index (χ4v) is 1.69. The number of hydrogen-bond acceptors (Lipinski definition) is 3. The predicted octanol–water partition coefficient (Wildman–Crippen LogP) is 3.10. The van der Waals surface area contributed by atoms with Crippen molar-refractivity contribution in [2.75, 3.05) is 0 Å². The zero-order valence-electron chi connectivity index (χ0n) is 12.4. The normalized spacial score (nSPS) is 11.8. The fourth-order valence-electron chi connectivity index (χ4n) is 1.69. The Morgan fingerprint density at radius 1 is 1.30 bits per heavy atom. The van der Waals surface area contributed by atoms with E-state index in [1.165, 1.54) is 19.1 Å². The molecule has 0 aliphatic heterocycles. The molecule has 0 spiro atoms. The number of primary amides is 1. The summed E-state index contributed by atoms with van der Waals surface area (Å²) in [6.07, 6.45) is 3.50. The van der Waals surface area contributed by atoms with Gasteiger partial charge in [-0.1, -0.05) is 24.1 Å². The first-order valence-corrected chi connectivity index (χ1v) is 6.78. The van der Waals surface area contributed by atoms with Gasteiger partial charge in [0.25, 0.3) is 0 Å². The van der Waals surface area contributed by atoms with Crippen LogP contribution in [-0.2, 0) is 0 Å². The number of urea groups is 1. The first-order chi connectivity index (χ1) is 11.0. The highest BCUT2D eigenvalue weighted by molar-refractivity contribution is 5.71. The lowest BCUT2D eigenvalue weighted by molar-refractivity contribution is -0.0536. The van der Waals surface area contributed by atoms with E-state index in [1.807, 2.05) is 0 Å². The van der Waals surface area contributed by atoms with E-state index in [9.17, 15) is 14.4 Å². The van der Waals surface area contributed by atoms with E-state index in [1.54, 1.807) is 36.4 Å². The first-order valence-electron chi connectivity index (χ1n) is 6.78. The lowest BCUT2D eigenvalue weighted by Gasteiger charge is -2.14. The second-order valence-corrected chi connectivity index (χ2v) is 4.72. The first kappa shape index (κ1) is 16.3. The number of nitrogens with two attached hydrogens (primary N) is 1. The second-order valence-electron chi connectivity index (χ2n) is 4.72. The molecule has 1 heterocycles. The lowest BCUT2D eigenvalue weighted by atomic mass is 10.2. The van der Waals surface area contributed by atoms with Crippen LogP contribution < -0.4 is 5.73 Å². The molecule has 2 amide bonds. The zero-order valence-corrected chi connectivity index (χ0v) is 12.4. The third-order valence-corrected chi connectivity index (χ3v) is 2.93. The van der Waals surface area contributed by atoms with Gasteiger partial charge in [0.15, 0.2) is 5.76 Å². The summed E-state index contributed by atoms with van der Waals surface area (Å²) in [5.41, 5.74) is 5.76. The maximum Gasteiger partial charge on any atom is 0.339 e. The van der Waals surface area contributed by atoms with Gasteiger partial charge in [0.2, 0.25) is 0 Å². The molecule has 0 bridgehead atoms. The molecule has 118 valence electrons. The molecule has 2 rings (SSSR count). The van der Waals surface area contributed by atoms with Crippen molar-refractivity contribution >= 4 is 18.2 Å². The Morgan fingerprint density at radius 2 is 2.00 bits per heavy atom. The quantitative estimate of drug-likeness (QED) is 0.519. The molecule has 0 radical (unpaired) electrons. The molecular weight excluding hydrogens is 299 g/mol. The number of carbonyl (C=O) groups is 1. The van der Waals surface area contributed by atoms with Gasteiger partial charge in [-0.05, 0) is 48.7 Å². The highest BCUT2D eigenvalue weighted by Crippen LogP contribution is 2.12. The van der Waals surface area contributed by atoms with Crippen LogP contribution in [0.4, 0.5) is 9.18 Å². The molecule has 0 saturated heterocycles. The Balaban J connectivity index is 2.04. The lowest BCUT2D eigenvalue weighted by Crippen LogP contribution is -2.38. The van der Waals surface area contributed by atoms with Crippen molar-refractivity contribution in [2.45, 2.75) is 13.0 Å². The van der Waals surface area contributed by atoms with E-state index in [0.717, 1.165) is 5.56 Å². The van der Waals surface area contributed by atoms with Crippen LogP contribution in [0.1, 0.15) is 24.0 Å². The van der Waals surface area contributed by atoms with E-state index < -0.39 is 12.1 Å². The minimum Gasteiger partial charge on any atom is -0.448 e. The molecule has 1 aromatic heterocycles. The smallest absolute Gasteiger partial charge is 0.339 e. The minimum atomic E-state index is -0.978. The molecule has 6 heteroatoms. The van der Waals surface area contributed by atoms with Crippen LogP contribution >= 0.6 is 0 Å². The SMILES string of the molecule is CC(C#Cc1ccc(C=Cc2ccc(F)cc2)o1)N(O)C(N)=O. The van der Waals surface area contributed by atoms with Crippen LogP contribution in [0, 0.1) is 17.7 Å². The summed E-state index contributed by atoms with van der Waals surface area (Å²) in [7, 11) is 0. The Kier molecular flexibility index (Phi) is 5.18. The summed E-state index contributed by atoms with van der Waals surface area (Å²) >= 11 is 0. The topological polar surface area (TPSA) is 79.7 Å². The minimum absolute atomic E-state index is 0.291. The van der Waals surface area contributed by atoms with E-state index in [4.69, 9.17) is 10.2 Å². The molecule has 0 fully saturated rings. The van der Waals surface area contributed by atoms with E-state index in [-0.39, 0.29) is 5.82 Å². The molecule has 5 nitrogen and oxygen atoms in total. The number of rotatable bonds is 3. The van der Waals surface area contributed by atoms with E-state index in [2.05, 4.69) is 11.8 Å². The Hall–Kier alpha value is -3.04. The average molecular weight is 314 g/mol. The summed E-state index contributed by atoms with van der Waals surface area (Å²) < 4.78 is 18.3. The van der Waals surface area contributed by atoms with Gasteiger partial charge < -0.3 is 10.2 Å². The van der Waals surface area contributed by atoms with Gasteiger partial charge in [-0.15, -0.1) is 0 Å². The van der Waals surface area contributed by atoms with Crippen molar-refractivity contribution in [1.82, 2.24) is 5.06 Å². The molecule has 1 aromatic carbocycles. The molecule has 0 saturated carbocycles. The van der Waals surface area contributed by atoms with Crippen LogP contribution in [0.3, 0.4) is 0 Å². The van der Waals surface area contributed by atoms with Gasteiger partial charge in [-0.25, -0.2) is 9.18 Å². The van der Waals surface area contributed by atoms with Crippen LogP contribution in [-0.4, -0.2) is 22.3 Å². The van der Waals surface area contributed by atoms with Gasteiger partial charge >= 0.3 is 6.03 Å². The molecule has 2 aromatic rings. The highest BCUT2D eigenvalue weighted by Gasteiger charge is 2.11. The van der Waals surface area contributed by atoms with Crippen molar-refractivity contribution < 1.29 is 18.8 Å². The average Bonchev–Trinajstić information content (AvgIpc) is 2.99. The molecule has 1 atom stereocenters. The van der Waals surface area contributed by atoms with Crippen molar-refractivity contribution in [3.63, 3.8) is 0 Å². The van der Waals surface area contributed by atoms with Gasteiger partial charge in [-0.2, -0.15) is 5.06 Å². The third-order valence-electron chi connectivity index (χ3n) is 2.93. The number of benzene rings is 1. The van der Waals surface area contributed by atoms with Gasteiger partial charge in [0, 0.05) is 0 Å². The fraction of sp³-hybridized carbons (Fsp3) is 0.118. The number of furan rings is 1. The van der Waals surface area contributed by atoms with Gasteiger partial charge in [-0.3, -0.25) is 5.21 Å². The van der Waals surface area contributed by atoms with Crippen LogP contribution in [0.15, 0.2) is 40.8 Å². The number of amides is 2. The Bertz CT molecular complexity index is 769. The number of hydrogen-bond donors (Lipinski definition) is 2. The number of halogens is 1. The monoisotopic (exact) mass is 314 g/mol. The Labute approximate surface area is 132 Å². The van der Waals surface area contributed by atoms with Crippen molar-refractivity contribution in [3.8, 4) is 11.8 Å². The molecule has 23 heavy (non-hydrogen) atoms. The standard InChI is InChI=1S/C17H15FN2O3/c1-12(20(22)17(19)21)2-8-15-10-11-16(23-15)9-5-13-3-6-14(18)7-4-13/h3-7,9-12,22H,1H3,(H2,19,21). The predicted molar refractivity (Wildman–Crippen MR) is 83.6 cm³/mol. The molecular formula is C17H15FN2O3. The Morgan fingerprint density at radius 3 is 2.65 bits per heavy atom. The van der Waals surface area contributed by atoms with Crippen molar-refractivity contribution in [2.24, 2.45) is 5.73 Å². The summed E-state index contributed by atoms with van der Waals surface area (Å²) in [4.78, 5) is 10.8. The molecule has 0 aliphatic carbocycles. The molecule has 0 aliphatic rings. The number of hydroxylamine groups is 2. The van der Waals surface area contributed by atoms with Gasteiger partial charge in [0.05, 0.1) is 0 Å². The van der Waals surface area contributed by atoms with Crippen LogP contribution in [0.25, 0.3) is 12.2 Å². The number of nitrogens with zero attached hydrogens (tertiary/aromatic N) is 1. The van der Waals surface area contributed by atoms with Crippen LogP contribution in [0.2, 0.25) is 0 Å². The second kappa shape index (κ2) is 7.29. The van der Waals surface area contributed by atoms with Crippen molar-refractivity contribution in [3.05, 3.63) is 59.3 Å². The van der Waals surface area contributed by atoms with E-state index >= 15 is 0 Å². The number of carbonyl (C=O) groups excluding carboxylic acids is 1. The van der Waals surface area contributed by atoms with Crippen molar-refractivity contribution in [1.29, 1.82) is 0 Å². The maximum atomic E-state index is 12.8. The van der Waals surface area contributed by atoms with E-state index in [0.29, 0.717) is 16.6 Å². The summed E-state index contributed by atoms with van der Waals surface area (Å²) in [6.45, 7) is 1.52.